The van der Waals surface area contributed by atoms with Gasteiger partial charge in [0, 0.05) is 5.57 Å². The maximum atomic E-state index is 11.4. The van der Waals surface area contributed by atoms with E-state index in [0.29, 0.717) is 0 Å². The first-order valence-corrected chi connectivity index (χ1v) is 5.53. The van der Waals surface area contributed by atoms with E-state index < -0.39 is 11.9 Å². The van der Waals surface area contributed by atoms with E-state index in [1.807, 2.05) is 0 Å². The van der Waals surface area contributed by atoms with E-state index in [-0.39, 0.29) is 18.6 Å². The van der Waals surface area contributed by atoms with Crippen molar-refractivity contribution >= 4 is 11.9 Å². The van der Waals surface area contributed by atoms with Crippen molar-refractivity contribution in [2.75, 3.05) is 6.61 Å². The van der Waals surface area contributed by atoms with Crippen LogP contribution in [0.4, 0.5) is 0 Å². The fourth-order valence-electron chi connectivity index (χ4n) is 0.925. The Bertz CT molecular complexity index is 353. The molecule has 0 aliphatic rings. The van der Waals surface area contributed by atoms with Crippen LogP contribution < -0.4 is 0 Å². The highest BCUT2D eigenvalue weighted by Gasteiger charge is 2.12. The average molecular weight is 250 g/mol. The van der Waals surface area contributed by atoms with Gasteiger partial charge in [-0.25, -0.2) is 4.79 Å². The first-order chi connectivity index (χ1) is 8.61. The fraction of sp³-hybridized carbons (Fsp3) is 0.286. The summed E-state index contributed by atoms with van der Waals surface area (Å²) in [6.07, 6.45) is 7.55. The van der Waals surface area contributed by atoms with Gasteiger partial charge >= 0.3 is 11.9 Å². The lowest BCUT2D eigenvalue weighted by atomic mass is 10.2. The lowest BCUT2D eigenvalue weighted by Crippen LogP contribution is -2.11. The number of esters is 2. The molecule has 0 radical (unpaired) electrons. The molecule has 0 aliphatic heterocycles. The van der Waals surface area contributed by atoms with Gasteiger partial charge in [-0.1, -0.05) is 25.3 Å². The van der Waals surface area contributed by atoms with Gasteiger partial charge in [-0.2, -0.15) is 0 Å². The lowest BCUT2D eigenvalue weighted by molar-refractivity contribution is -0.143. The Morgan fingerprint density at radius 3 is 2.44 bits per heavy atom. The minimum Gasteiger partial charge on any atom is -0.461 e. The van der Waals surface area contributed by atoms with Crippen LogP contribution in [0.1, 0.15) is 19.3 Å². The van der Waals surface area contributed by atoms with Crippen LogP contribution >= 0.6 is 0 Å². The maximum Gasteiger partial charge on any atom is 0.338 e. The molecule has 0 spiro atoms. The third kappa shape index (κ3) is 8.10. The van der Waals surface area contributed by atoms with Crippen molar-refractivity contribution in [3.8, 4) is 0 Å². The predicted octanol–water partition coefficient (Wildman–Crippen LogP) is 2.69. The van der Waals surface area contributed by atoms with Crippen LogP contribution in [-0.2, 0) is 19.1 Å². The highest BCUT2D eigenvalue weighted by molar-refractivity contribution is 5.93. The van der Waals surface area contributed by atoms with Crippen LogP contribution in [0, 0.1) is 0 Å². The van der Waals surface area contributed by atoms with E-state index in [0.717, 1.165) is 12.8 Å². The first-order valence-electron chi connectivity index (χ1n) is 5.53. The van der Waals surface area contributed by atoms with Gasteiger partial charge in [0.05, 0.1) is 12.7 Å². The molecule has 0 N–H and O–H groups in total. The zero-order valence-electron chi connectivity index (χ0n) is 10.4. The van der Waals surface area contributed by atoms with E-state index in [1.54, 1.807) is 12.2 Å². The van der Waals surface area contributed by atoms with Crippen molar-refractivity contribution in [3.63, 3.8) is 0 Å². The van der Waals surface area contributed by atoms with Crippen molar-refractivity contribution < 1.29 is 19.1 Å². The molecule has 0 aromatic carbocycles. The van der Waals surface area contributed by atoms with E-state index >= 15 is 0 Å². The Hall–Kier alpha value is -2.10. The molecule has 0 rings (SSSR count). The molecule has 0 aromatic heterocycles. The van der Waals surface area contributed by atoms with Crippen LogP contribution in [0.15, 0.2) is 49.8 Å². The molecule has 0 aromatic rings. The fourth-order valence-corrected chi connectivity index (χ4v) is 0.925. The Kier molecular flexibility index (Phi) is 8.90. The summed E-state index contributed by atoms with van der Waals surface area (Å²) >= 11 is 0. The van der Waals surface area contributed by atoms with E-state index in [2.05, 4.69) is 19.7 Å². The zero-order chi connectivity index (χ0) is 13.8. The molecule has 18 heavy (non-hydrogen) atoms. The summed E-state index contributed by atoms with van der Waals surface area (Å²) < 4.78 is 9.49. The number of carbonyl (C=O) groups is 2. The molecular formula is C14H18O4. The van der Waals surface area contributed by atoms with Crippen molar-refractivity contribution in [2.45, 2.75) is 19.3 Å². The van der Waals surface area contributed by atoms with E-state index in [9.17, 15) is 9.59 Å². The number of hydrogen-bond acceptors (Lipinski definition) is 4. The molecule has 0 saturated heterocycles. The highest BCUT2D eigenvalue weighted by Crippen LogP contribution is 2.04. The average Bonchev–Trinajstić information content (AvgIpc) is 2.35. The summed E-state index contributed by atoms with van der Waals surface area (Å²) in [7, 11) is 0. The van der Waals surface area contributed by atoms with Crippen molar-refractivity contribution in [1.29, 1.82) is 0 Å². The molecule has 0 unspecified atom stereocenters. The molecule has 4 nitrogen and oxygen atoms in total. The van der Waals surface area contributed by atoms with Gasteiger partial charge in [0.25, 0.3) is 0 Å². The lowest BCUT2D eigenvalue weighted by Gasteiger charge is -2.03. The molecule has 0 aliphatic carbocycles. The third-order valence-electron chi connectivity index (χ3n) is 1.82. The van der Waals surface area contributed by atoms with Crippen LogP contribution in [0.2, 0.25) is 0 Å². The molecular weight excluding hydrogens is 232 g/mol. The standard InChI is InChI=1S/C14H18O4/c1-4-6-7-8-10-18-14(16)12(3)11-13(15)17-9-5-2/h4-5,8,10H,1-3,6-7,9,11H2. The van der Waals surface area contributed by atoms with Gasteiger partial charge in [0.1, 0.15) is 6.61 Å². The van der Waals surface area contributed by atoms with Crippen LogP contribution in [0.5, 0.6) is 0 Å². The number of unbranched alkanes of at least 4 members (excludes halogenated alkanes) is 1. The topological polar surface area (TPSA) is 52.6 Å². The highest BCUT2D eigenvalue weighted by atomic mass is 16.5. The minimum absolute atomic E-state index is 0.0532. The Labute approximate surface area is 107 Å². The molecule has 0 saturated carbocycles. The van der Waals surface area contributed by atoms with Gasteiger partial charge in [-0.3, -0.25) is 4.79 Å². The second kappa shape index (κ2) is 10.1. The monoisotopic (exact) mass is 250 g/mol. The second-order valence-electron chi connectivity index (χ2n) is 3.40. The largest absolute Gasteiger partial charge is 0.461 e. The van der Waals surface area contributed by atoms with Crippen LogP contribution in [-0.4, -0.2) is 18.5 Å². The molecule has 0 atom stereocenters. The molecule has 98 valence electrons. The number of hydrogen-bond donors (Lipinski definition) is 0. The Morgan fingerprint density at radius 1 is 1.11 bits per heavy atom. The summed E-state index contributed by atoms with van der Waals surface area (Å²) in [4.78, 5) is 22.5. The van der Waals surface area contributed by atoms with Crippen molar-refractivity contribution in [1.82, 2.24) is 0 Å². The number of carbonyl (C=O) groups excluding carboxylic acids is 2. The maximum absolute atomic E-state index is 11.4. The Balaban J connectivity index is 3.92. The van der Waals surface area contributed by atoms with Crippen molar-refractivity contribution in [3.05, 3.63) is 49.8 Å². The van der Waals surface area contributed by atoms with Gasteiger partial charge in [0.2, 0.25) is 0 Å². The molecule has 0 amide bonds. The van der Waals surface area contributed by atoms with Gasteiger partial charge in [-0.15, -0.1) is 6.58 Å². The minimum atomic E-state index is -0.639. The van der Waals surface area contributed by atoms with E-state index in [1.165, 1.54) is 12.3 Å². The summed E-state index contributed by atoms with van der Waals surface area (Å²) in [5.74, 6) is -1.17. The normalized spacial score (nSPS) is 9.78. The SMILES string of the molecule is C=CCCC=COC(=O)C(=C)CC(=O)OCC=C. The predicted molar refractivity (Wildman–Crippen MR) is 69.6 cm³/mol. The van der Waals surface area contributed by atoms with Gasteiger partial charge < -0.3 is 9.47 Å². The first kappa shape index (κ1) is 15.9. The third-order valence-corrected chi connectivity index (χ3v) is 1.82. The summed E-state index contributed by atoms with van der Waals surface area (Å²) in [6.45, 7) is 10.5. The quantitative estimate of drug-likeness (QED) is 0.207. The zero-order valence-corrected chi connectivity index (χ0v) is 10.4. The molecule has 0 heterocycles. The van der Waals surface area contributed by atoms with Gasteiger partial charge in [-0.05, 0) is 18.9 Å². The molecule has 0 fully saturated rings. The van der Waals surface area contributed by atoms with Gasteiger partial charge in [0.15, 0.2) is 0 Å². The van der Waals surface area contributed by atoms with Crippen LogP contribution in [0.25, 0.3) is 0 Å². The number of allylic oxidation sites excluding steroid dienone is 2. The smallest absolute Gasteiger partial charge is 0.338 e. The Morgan fingerprint density at radius 2 is 1.83 bits per heavy atom. The number of rotatable bonds is 9. The second-order valence-corrected chi connectivity index (χ2v) is 3.40. The molecule has 4 heteroatoms. The number of ether oxygens (including phenoxy) is 2. The summed E-state index contributed by atoms with van der Waals surface area (Å²) in [6, 6.07) is 0. The van der Waals surface area contributed by atoms with Crippen molar-refractivity contribution in [2.24, 2.45) is 0 Å². The van der Waals surface area contributed by atoms with E-state index in [4.69, 9.17) is 9.47 Å². The van der Waals surface area contributed by atoms with Crippen LogP contribution in [0.3, 0.4) is 0 Å². The molecule has 0 bridgehead atoms. The summed E-state index contributed by atoms with van der Waals surface area (Å²) in [5.41, 5.74) is 0.0532. The summed E-state index contributed by atoms with van der Waals surface area (Å²) in [5, 5.41) is 0.